The van der Waals surface area contributed by atoms with Crippen LogP contribution in [-0.4, -0.2) is 165 Å². The Balaban J connectivity index is 0.000000265. The third kappa shape index (κ3) is 16.8. The molecule has 4 atom stereocenters. The molecule has 4 aliphatic rings. The Morgan fingerprint density at radius 1 is 0.593 bits per heavy atom. The van der Waals surface area contributed by atoms with E-state index in [1.807, 2.05) is 11.8 Å². The predicted octanol–water partition coefficient (Wildman–Crippen LogP) is 4.65. The van der Waals surface area contributed by atoms with Crippen molar-refractivity contribution in [2.24, 2.45) is 0 Å². The molecule has 0 saturated carbocycles. The second-order valence-electron chi connectivity index (χ2n) is 21.1. The zero-order valence-electron chi connectivity index (χ0n) is 48.6. The van der Waals surface area contributed by atoms with Crippen LogP contribution in [0.5, 0.6) is 0 Å². The van der Waals surface area contributed by atoms with Gasteiger partial charge in [0.15, 0.2) is 45.0 Å². The van der Waals surface area contributed by atoms with E-state index in [1.165, 1.54) is 25.0 Å². The number of carboxylic acids is 1. The number of aromatic carboxylic acids is 1. The largest absolute Gasteiger partial charge is 1.00 e. The maximum Gasteiger partial charge on any atom is 1.00 e. The van der Waals surface area contributed by atoms with Crippen molar-refractivity contribution in [3.05, 3.63) is 67.8 Å². The van der Waals surface area contributed by atoms with Crippen LogP contribution in [0.25, 0.3) is 23.2 Å². The SMILES string of the molecule is C.C.CCCc1nnc(-c2nc(Cl)c(N3C[C@H](CC)N(C4CCN(C(=O)c5ccc(Cl)nc5N)CC4)C[C@H]3C)nc2N)o1.CCCc1nnc(-c2nc(Cl)c(N3C[C@H](CC)N(C4CCNCC4)C[C@H]3C)nc2N)o1.Nc1nc(Cl)ccc1C(=O)[O-].[Li+]. The number of aryl methyl sites for hydroxylation is 2. The summed E-state index contributed by atoms with van der Waals surface area (Å²) in [5.41, 5.74) is 24.6. The Hall–Kier alpha value is -5.88. The molecule has 0 bridgehead atoms. The van der Waals surface area contributed by atoms with Gasteiger partial charge in [-0.05, 0) is 103 Å². The molecule has 86 heavy (non-hydrogen) atoms. The van der Waals surface area contributed by atoms with E-state index in [4.69, 9.17) is 78.2 Å². The zero-order valence-corrected chi connectivity index (χ0v) is 51.6. The first kappa shape index (κ1) is 70.9. The molecule has 4 fully saturated rings. The number of hydrogen-bond acceptors (Lipinski definition) is 24. The van der Waals surface area contributed by atoms with Crippen LogP contribution >= 0.6 is 46.4 Å². The van der Waals surface area contributed by atoms with Crippen LogP contribution in [0.2, 0.25) is 20.6 Å². The average Bonchev–Trinajstić information content (AvgIpc) is 2.16. The number of piperidine rings is 2. The van der Waals surface area contributed by atoms with Gasteiger partial charge in [-0.2, -0.15) is 0 Å². The van der Waals surface area contributed by atoms with Gasteiger partial charge < -0.3 is 61.7 Å². The van der Waals surface area contributed by atoms with E-state index >= 15 is 0 Å². The molecule has 0 spiro atoms. The van der Waals surface area contributed by atoms with Gasteiger partial charge in [-0.15, -0.1) is 20.4 Å². The average molecular weight is 1260 g/mol. The molecule has 4 saturated heterocycles. The molecule has 6 aromatic rings. The smallest absolute Gasteiger partial charge is 0.545 e. The van der Waals surface area contributed by atoms with E-state index in [2.05, 4.69) is 110 Å². The predicted molar refractivity (Wildman–Crippen MR) is 333 cm³/mol. The van der Waals surface area contributed by atoms with E-state index in [1.54, 1.807) is 12.1 Å². The van der Waals surface area contributed by atoms with Crippen molar-refractivity contribution in [2.45, 2.75) is 157 Å². The second-order valence-corrected chi connectivity index (χ2v) is 22.6. The molecule has 10 rings (SSSR count). The molecule has 6 aromatic heterocycles. The summed E-state index contributed by atoms with van der Waals surface area (Å²) in [7, 11) is 0. The molecule has 0 aromatic carbocycles. The number of nitrogens with one attached hydrogen (secondary N) is 1. The van der Waals surface area contributed by atoms with E-state index in [0.717, 1.165) is 77.8 Å². The standard InChI is InChI=1S/C27H36Cl2N10O2.C21H33ClN8O.C6H5ClN2O2.2CH4.Li/c1-4-6-20-35-36-26(41-20)21-24(31)34-25(22(29)33-21)38-14-16(5-2)39(13-15(38)3)17-9-11-37(12-10-17)27(40)18-7-8-19(28)32-23(18)30;1-4-6-16-27-28-21(31-16)17-19(23)26-20(18(22)25-17)29-12-14(5-2)30(11-13(29)3)15-7-9-24-10-8-15;7-4-2-1-3(6(10)11)5(8)9-4;;;/h7-8,15-17H,4-6,9-14H2,1-3H3,(H2,30,32)(H2,31,34);13-15,24H,4-12H2,1-3H3,(H2,23,26);1-2H,(H2,8,9)(H,10,11);2*1H4;/q;;;;;+1/p-1/t15-,16+;13-,14+;;;;/m11..../s1. The minimum Gasteiger partial charge on any atom is -0.545 e. The number of aromatic nitrogens is 10. The second kappa shape index (κ2) is 32.4. The maximum absolute atomic E-state index is 13.1. The molecule has 1 amide bonds. The third-order valence-corrected chi connectivity index (χ3v) is 16.4. The number of likely N-dealkylation sites (tertiary alicyclic amines) is 1. The van der Waals surface area contributed by atoms with Crippen LogP contribution < -0.4 is 62.0 Å². The monoisotopic (exact) mass is 1260 g/mol. The van der Waals surface area contributed by atoms with E-state index < -0.39 is 5.97 Å². The van der Waals surface area contributed by atoms with Gasteiger partial charge in [0.25, 0.3) is 17.7 Å². The Bertz CT molecular complexity index is 3190. The minimum absolute atomic E-state index is 0. The van der Waals surface area contributed by atoms with Gasteiger partial charge >= 0.3 is 18.9 Å². The van der Waals surface area contributed by atoms with Crippen molar-refractivity contribution in [2.75, 3.05) is 85.1 Å². The minimum atomic E-state index is -1.35. The van der Waals surface area contributed by atoms with Gasteiger partial charge in [0.1, 0.15) is 21.9 Å². The molecule has 30 heteroatoms. The van der Waals surface area contributed by atoms with Gasteiger partial charge in [0.05, 0.1) is 11.5 Å². The molecule has 4 aliphatic heterocycles. The molecule has 0 aliphatic carbocycles. The number of nitrogens with two attached hydrogens (primary N) is 4. The van der Waals surface area contributed by atoms with Gasteiger partial charge in [-0.3, -0.25) is 14.6 Å². The van der Waals surface area contributed by atoms with Crippen LogP contribution in [0.3, 0.4) is 0 Å². The number of anilines is 6. The zero-order chi connectivity index (χ0) is 59.6. The van der Waals surface area contributed by atoms with E-state index in [9.17, 15) is 14.7 Å². The molecule has 25 nitrogen and oxygen atoms in total. The third-order valence-electron chi connectivity index (χ3n) is 15.5. The van der Waals surface area contributed by atoms with Crippen LogP contribution in [0.4, 0.5) is 34.9 Å². The quantitative estimate of drug-likeness (QED) is 0.0731. The van der Waals surface area contributed by atoms with E-state index in [-0.39, 0.29) is 114 Å². The number of pyridine rings is 2. The van der Waals surface area contributed by atoms with Crippen molar-refractivity contribution in [3.8, 4) is 23.2 Å². The number of hydrogen-bond donors (Lipinski definition) is 5. The van der Waals surface area contributed by atoms with Crippen LogP contribution in [-0.2, 0) is 12.8 Å². The number of rotatable bonds is 14. The van der Waals surface area contributed by atoms with Crippen molar-refractivity contribution in [3.63, 3.8) is 0 Å². The number of carboxylic acid groups (broad SMARTS) is 1. The van der Waals surface area contributed by atoms with Gasteiger partial charge in [-0.25, -0.2) is 29.9 Å². The number of carbonyl (C=O) groups excluding carboxylic acids is 2. The summed E-state index contributed by atoms with van der Waals surface area (Å²) in [6.07, 6.45) is 9.39. The molecule has 9 N–H and O–H groups in total. The Kier molecular flexibility index (Phi) is 26.7. The number of nitrogen functional groups attached to an aromatic ring is 4. The van der Waals surface area contributed by atoms with Crippen LogP contribution in [0.1, 0.15) is 140 Å². The number of carbonyl (C=O) groups is 2. The number of amides is 1. The summed E-state index contributed by atoms with van der Waals surface area (Å²) >= 11 is 24.6. The topological polar surface area (TPSA) is 345 Å². The first-order valence-electron chi connectivity index (χ1n) is 28.2. The van der Waals surface area contributed by atoms with E-state index in [0.29, 0.717) is 89.6 Å². The summed E-state index contributed by atoms with van der Waals surface area (Å²) < 4.78 is 11.4. The summed E-state index contributed by atoms with van der Waals surface area (Å²) in [6.45, 7) is 19.8. The fourth-order valence-corrected chi connectivity index (χ4v) is 11.9. The first-order chi connectivity index (χ1) is 39.8. The van der Waals surface area contributed by atoms with Gasteiger partial charge in [0.2, 0.25) is 11.8 Å². The Labute approximate surface area is 535 Å². The molecule has 0 unspecified atom stereocenters. The number of nitrogens with zero attached hydrogens (tertiary/aromatic N) is 15. The Morgan fingerprint density at radius 2 is 1.01 bits per heavy atom. The van der Waals surface area contributed by atoms with Crippen molar-refractivity contribution < 1.29 is 42.4 Å². The summed E-state index contributed by atoms with van der Waals surface area (Å²) in [4.78, 5) is 60.7. The summed E-state index contributed by atoms with van der Waals surface area (Å²) in [6, 6.07) is 7.93. The molecular weight excluding hydrogens is 1180 g/mol. The fraction of sp³-hybridized carbons (Fsp3) is 0.571. The fourth-order valence-electron chi connectivity index (χ4n) is 11.1. The van der Waals surface area contributed by atoms with Crippen molar-refractivity contribution >= 4 is 93.2 Å². The Morgan fingerprint density at radius 3 is 1.41 bits per heavy atom. The molecule has 0 radical (unpaired) electrons. The van der Waals surface area contributed by atoms with Crippen LogP contribution in [0.15, 0.2) is 33.1 Å². The van der Waals surface area contributed by atoms with Crippen LogP contribution in [0, 0.1) is 0 Å². The summed E-state index contributed by atoms with van der Waals surface area (Å²) in [5.74, 6) is 1.79. The maximum atomic E-state index is 13.1. The molecule has 10 heterocycles. The van der Waals surface area contributed by atoms with Gasteiger partial charge in [-0.1, -0.05) is 89.0 Å². The molecular formula is C56H81Cl4LiN20O5. The molecule has 464 valence electrons. The van der Waals surface area contributed by atoms with Gasteiger partial charge in [0, 0.05) is 93.9 Å². The summed E-state index contributed by atoms with van der Waals surface area (Å²) in [5, 5.41) is 31.0. The first-order valence-corrected chi connectivity index (χ1v) is 29.7. The number of halogens is 4. The van der Waals surface area contributed by atoms with Crippen molar-refractivity contribution in [1.29, 1.82) is 0 Å². The number of piperazine rings is 2. The normalized spacial score (nSPS) is 19.4. The van der Waals surface area contributed by atoms with Crippen molar-refractivity contribution in [1.82, 2.24) is 70.3 Å².